The van der Waals surface area contributed by atoms with E-state index in [1.165, 1.54) is 9.35 Å². The predicted molar refractivity (Wildman–Crippen MR) is 79.6 cm³/mol. The van der Waals surface area contributed by atoms with E-state index < -0.39 is 0 Å². The molecule has 4 nitrogen and oxygen atoms in total. The summed E-state index contributed by atoms with van der Waals surface area (Å²) in [5.41, 5.74) is 6.93. The molecule has 0 bridgehead atoms. The zero-order valence-electron chi connectivity index (χ0n) is 10.3. The van der Waals surface area contributed by atoms with Gasteiger partial charge in [-0.05, 0) is 59.0 Å². The van der Waals surface area contributed by atoms with E-state index in [-0.39, 0.29) is 0 Å². The lowest BCUT2D eigenvalue weighted by Crippen LogP contribution is -2.20. The zero-order chi connectivity index (χ0) is 13.0. The smallest absolute Gasteiger partial charge is 0.145 e. The fourth-order valence-electron chi connectivity index (χ4n) is 1.82. The van der Waals surface area contributed by atoms with Crippen LogP contribution in [0.1, 0.15) is 12.0 Å². The van der Waals surface area contributed by atoms with Crippen LogP contribution < -0.4 is 5.73 Å². The number of rotatable bonds is 6. The predicted octanol–water partition coefficient (Wildman–Crippen LogP) is 2.81. The maximum Gasteiger partial charge on any atom is 0.145 e. The molecule has 0 radical (unpaired) electrons. The third-order valence-electron chi connectivity index (χ3n) is 2.66. The molecule has 2 N–H and O–H groups in total. The first-order valence-corrected chi connectivity index (χ1v) is 7.51. The highest BCUT2D eigenvalue weighted by Crippen LogP contribution is 2.21. The molecular formula is C12H17BrN4S. The van der Waals surface area contributed by atoms with E-state index in [1.54, 1.807) is 11.3 Å². The molecule has 0 fully saturated rings. The molecule has 6 heteroatoms. The Morgan fingerprint density at radius 3 is 3.00 bits per heavy atom. The first-order valence-electron chi connectivity index (χ1n) is 5.84. The molecule has 0 spiro atoms. The molecule has 0 aliphatic heterocycles. The van der Waals surface area contributed by atoms with Gasteiger partial charge in [0.25, 0.3) is 0 Å². The SMILES string of the molecule is CN(CCCn1ccc(N)n1)Cc1csc(Br)c1. The van der Waals surface area contributed by atoms with E-state index >= 15 is 0 Å². The van der Waals surface area contributed by atoms with Crippen molar-refractivity contribution in [2.75, 3.05) is 19.3 Å². The number of aromatic nitrogens is 2. The van der Waals surface area contributed by atoms with Crippen molar-refractivity contribution in [1.29, 1.82) is 0 Å². The van der Waals surface area contributed by atoms with Crippen LogP contribution in [-0.2, 0) is 13.1 Å². The van der Waals surface area contributed by atoms with Crippen LogP contribution >= 0.6 is 27.3 Å². The van der Waals surface area contributed by atoms with Gasteiger partial charge in [-0.3, -0.25) is 4.68 Å². The summed E-state index contributed by atoms with van der Waals surface area (Å²) in [5.74, 6) is 0.589. The molecule has 0 aromatic carbocycles. The number of hydrogen-bond donors (Lipinski definition) is 1. The van der Waals surface area contributed by atoms with Crippen molar-refractivity contribution in [3.8, 4) is 0 Å². The first kappa shape index (κ1) is 13.6. The van der Waals surface area contributed by atoms with Gasteiger partial charge in [-0.15, -0.1) is 11.3 Å². The molecule has 0 amide bonds. The Hall–Kier alpha value is -0.850. The minimum atomic E-state index is 0.589. The molecule has 0 unspecified atom stereocenters. The summed E-state index contributed by atoms with van der Waals surface area (Å²) in [6.07, 6.45) is 2.99. The van der Waals surface area contributed by atoms with Gasteiger partial charge >= 0.3 is 0 Å². The molecular weight excluding hydrogens is 312 g/mol. The second kappa shape index (κ2) is 6.36. The van der Waals surface area contributed by atoms with Gasteiger partial charge in [0.15, 0.2) is 0 Å². The minimum absolute atomic E-state index is 0.589. The second-order valence-corrected chi connectivity index (χ2v) is 6.64. The third kappa shape index (κ3) is 4.12. The first-order chi connectivity index (χ1) is 8.63. The van der Waals surface area contributed by atoms with Crippen LogP contribution in [-0.4, -0.2) is 28.3 Å². The summed E-state index contributed by atoms with van der Waals surface area (Å²) in [6.45, 7) is 2.95. The Bertz CT molecular complexity index is 494. The lowest BCUT2D eigenvalue weighted by molar-refractivity contribution is 0.312. The molecule has 0 saturated carbocycles. The summed E-state index contributed by atoms with van der Waals surface area (Å²) in [4.78, 5) is 2.32. The molecule has 0 saturated heterocycles. The molecule has 18 heavy (non-hydrogen) atoms. The number of aryl methyl sites for hydroxylation is 1. The Morgan fingerprint density at radius 2 is 2.39 bits per heavy atom. The van der Waals surface area contributed by atoms with Crippen molar-refractivity contribution in [3.63, 3.8) is 0 Å². The maximum absolute atomic E-state index is 5.57. The van der Waals surface area contributed by atoms with Gasteiger partial charge in [-0.2, -0.15) is 5.10 Å². The van der Waals surface area contributed by atoms with Crippen molar-refractivity contribution >= 4 is 33.1 Å². The van der Waals surface area contributed by atoms with Crippen molar-refractivity contribution in [1.82, 2.24) is 14.7 Å². The number of nitrogens with zero attached hydrogens (tertiary/aromatic N) is 3. The number of hydrogen-bond acceptors (Lipinski definition) is 4. The fraction of sp³-hybridized carbons (Fsp3) is 0.417. The van der Waals surface area contributed by atoms with Gasteiger partial charge in [0.05, 0.1) is 3.79 Å². The molecule has 0 aliphatic carbocycles. The number of thiophene rings is 1. The Balaban J connectivity index is 1.70. The van der Waals surface area contributed by atoms with Gasteiger partial charge in [-0.25, -0.2) is 0 Å². The average Bonchev–Trinajstić information content (AvgIpc) is 2.88. The summed E-state index contributed by atoms with van der Waals surface area (Å²) in [5, 5.41) is 6.36. The Kier molecular flexibility index (Phi) is 4.79. The topological polar surface area (TPSA) is 47.1 Å². The largest absolute Gasteiger partial charge is 0.382 e. The van der Waals surface area contributed by atoms with E-state index in [0.29, 0.717) is 5.82 Å². The van der Waals surface area contributed by atoms with Crippen LogP contribution in [0.4, 0.5) is 5.82 Å². The molecule has 2 rings (SSSR count). The Morgan fingerprint density at radius 1 is 1.56 bits per heavy atom. The highest BCUT2D eigenvalue weighted by atomic mass is 79.9. The van der Waals surface area contributed by atoms with Crippen LogP contribution in [0.3, 0.4) is 0 Å². The molecule has 0 atom stereocenters. The lowest BCUT2D eigenvalue weighted by Gasteiger charge is -2.15. The molecule has 0 aliphatic rings. The van der Waals surface area contributed by atoms with Crippen LogP contribution in [0, 0.1) is 0 Å². The average molecular weight is 329 g/mol. The van der Waals surface area contributed by atoms with E-state index in [0.717, 1.165) is 26.1 Å². The van der Waals surface area contributed by atoms with E-state index in [1.807, 2.05) is 16.9 Å². The number of nitrogen functional groups attached to an aromatic ring is 1. The van der Waals surface area contributed by atoms with Crippen molar-refractivity contribution in [2.45, 2.75) is 19.5 Å². The van der Waals surface area contributed by atoms with Crippen LogP contribution in [0.15, 0.2) is 27.5 Å². The van der Waals surface area contributed by atoms with Crippen LogP contribution in [0.5, 0.6) is 0 Å². The van der Waals surface area contributed by atoms with E-state index in [2.05, 4.69) is 44.4 Å². The zero-order valence-corrected chi connectivity index (χ0v) is 12.7. The number of nitrogens with two attached hydrogens (primary N) is 1. The molecule has 2 aromatic rings. The highest BCUT2D eigenvalue weighted by molar-refractivity contribution is 9.11. The summed E-state index contributed by atoms with van der Waals surface area (Å²) in [6, 6.07) is 4.00. The fourth-order valence-corrected chi connectivity index (χ4v) is 3.02. The monoisotopic (exact) mass is 328 g/mol. The molecule has 98 valence electrons. The van der Waals surface area contributed by atoms with Gasteiger partial charge < -0.3 is 10.6 Å². The van der Waals surface area contributed by atoms with Crippen molar-refractivity contribution in [3.05, 3.63) is 33.1 Å². The van der Waals surface area contributed by atoms with Crippen LogP contribution in [0.25, 0.3) is 0 Å². The van der Waals surface area contributed by atoms with Gasteiger partial charge in [0, 0.05) is 19.3 Å². The van der Waals surface area contributed by atoms with Crippen LogP contribution in [0.2, 0.25) is 0 Å². The lowest BCUT2D eigenvalue weighted by atomic mass is 10.3. The standard InChI is InChI=1S/C12H17BrN4S/c1-16(8-10-7-11(13)18-9-10)4-2-5-17-6-3-12(14)15-17/h3,6-7,9H,2,4-5,8H2,1H3,(H2,14,15). The van der Waals surface area contributed by atoms with Gasteiger partial charge in [-0.1, -0.05) is 0 Å². The maximum atomic E-state index is 5.57. The van der Waals surface area contributed by atoms with Gasteiger partial charge in [0.1, 0.15) is 5.82 Å². The number of anilines is 1. The molecule has 2 heterocycles. The van der Waals surface area contributed by atoms with E-state index in [4.69, 9.17) is 5.73 Å². The summed E-state index contributed by atoms with van der Waals surface area (Å²) >= 11 is 5.22. The van der Waals surface area contributed by atoms with Gasteiger partial charge in [0.2, 0.25) is 0 Å². The van der Waals surface area contributed by atoms with Crippen molar-refractivity contribution < 1.29 is 0 Å². The summed E-state index contributed by atoms with van der Waals surface area (Å²) < 4.78 is 3.09. The van der Waals surface area contributed by atoms with Crippen molar-refractivity contribution in [2.24, 2.45) is 0 Å². The molecule has 2 aromatic heterocycles. The van der Waals surface area contributed by atoms with E-state index in [9.17, 15) is 0 Å². The number of halogens is 1. The quantitative estimate of drug-likeness (QED) is 0.886. The second-order valence-electron chi connectivity index (χ2n) is 4.35. The Labute approximate surface area is 120 Å². The summed E-state index contributed by atoms with van der Waals surface area (Å²) in [7, 11) is 2.14. The third-order valence-corrected chi connectivity index (χ3v) is 4.22. The normalized spacial score (nSPS) is 11.3. The highest BCUT2D eigenvalue weighted by Gasteiger charge is 2.03. The minimum Gasteiger partial charge on any atom is -0.382 e.